The van der Waals surface area contributed by atoms with Crippen molar-refractivity contribution in [1.82, 2.24) is 0 Å². The molecule has 44 valence electrons. The van der Waals surface area contributed by atoms with Crippen molar-refractivity contribution in [3.8, 4) is 0 Å². The summed E-state index contributed by atoms with van der Waals surface area (Å²) in [6.45, 7) is 4.35. The van der Waals surface area contributed by atoms with Crippen LogP contribution in [-0.4, -0.2) is 17.0 Å². The van der Waals surface area contributed by atoms with E-state index < -0.39 is 0 Å². The Morgan fingerprint density at radius 2 is 2.00 bits per heavy atom. The predicted molar refractivity (Wildman–Crippen MR) is 41.4 cm³/mol. The molecule has 0 aliphatic heterocycles. The van der Waals surface area contributed by atoms with E-state index in [2.05, 4.69) is 25.6 Å². The van der Waals surface area contributed by atoms with E-state index in [0.717, 1.165) is 0 Å². The average molecular weight is 117 g/mol. The summed E-state index contributed by atoms with van der Waals surface area (Å²) in [6.07, 6.45) is 1.20. The van der Waals surface area contributed by atoms with Gasteiger partial charge in [-0.3, -0.25) is 0 Å². The van der Waals surface area contributed by atoms with Gasteiger partial charge in [0.05, 0.1) is 0 Å². The summed E-state index contributed by atoms with van der Waals surface area (Å²) in [7, 11) is 0.140. The van der Waals surface area contributed by atoms with Gasteiger partial charge in [0.25, 0.3) is 0 Å². The van der Waals surface area contributed by atoms with E-state index >= 15 is 0 Å². The highest BCUT2D eigenvalue weighted by Crippen LogP contribution is 1.90. The molecule has 0 saturated heterocycles. The van der Waals surface area contributed by atoms with Crippen LogP contribution in [0, 0.1) is 0 Å². The fourth-order valence-corrected chi connectivity index (χ4v) is 0.707. The molecule has 0 amide bonds. The lowest BCUT2D eigenvalue weighted by Crippen LogP contribution is -1.99. The second kappa shape index (κ2) is 3.14. The third kappa shape index (κ3) is 2.75. The topological polar surface area (TPSA) is 0 Å². The minimum absolute atomic E-state index is 0.140. The van der Waals surface area contributed by atoms with Crippen molar-refractivity contribution in [2.75, 3.05) is 0 Å². The number of rotatable bonds is 2. The summed E-state index contributed by atoms with van der Waals surface area (Å²) in [5.41, 5.74) is 0. The summed E-state index contributed by atoms with van der Waals surface area (Å²) in [5, 5.41) is 0.708. The van der Waals surface area contributed by atoms with Gasteiger partial charge < -0.3 is 10.1 Å². The van der Waals surface area contributed by atoms with E-state index in [9.17, 15) is 0 Å². The van der Waals surface area contributed by atoms with Crippen LogP contribution in [0.2, 0.25) is 0 Å². The molecule has 0 N–H and O–H groups in total. The molecule has 1 atom stereocenters. The molecule has 0 fully saturated rings. The van der Waals surface area contributed by atoms with Gasteiger partial charge in [-0.1, -0.05) is 20.3 Å². The van der Waals surface area contributed by atoms with Crippen molar-refractivity contribution < 1.29 is 0 Å². The van der Waals surface area contributed by atoms with Crippen LogP contribution in [0.4, 0.5) is 0 Å². The standard InChI is InChI=1S/C6H13S/c1-5-6(2)7(3)4/h6H,3-5H2,1-2H3/q-1. The summed E-state index contributed by atoms with van der Waals surface area (Å²) >= 11 is 0. The van der Waals surface area contributed by atoms with Crippen molar-refractivity contribution in [2.45, 2.75) is 25.5 Å². The van der Waals surface area contributed by atoms with Crippen molar-refractivity contribution >= 4 is 21.8 Å². The number of hydrogen-bond donors (Lipinski definition) is 0. The Bertz CT molecular complexity index is 92.7. The zero-order valence-corrected chi connectivity index (χ0v) is 5.92. The van der Waals surface area contributed by atoms with Crippen molar-refractivity contribution in [1.29, 1.82) is 0 Å². The Hall–Kier alpha value is 0.0900. The van der Waals surface area contributed by atoms with Gasteiger partial charge in [0, 0.05) is 0 Å². The minimum Gasteiger partial charge on any atom is -0.482 e. The van der Waals surface area contributed by atoms with Crippen LogP contribution >= 0.6 is 0 Å². The van der Waals surface area contributed by atoms with Crippen molar-refractivity contribution in [3.63, 3.8) is 0 Å². The first-order valence-electron chi connectivity index (χ1n) is 2.51. The lowest BCUT2D eigenvalue weighted by Gasteiger charge is -2.13. The molecule has 0 aromatic heterocycles. The quantitative estimate of drug-likeness (QED) is 0.377. The van der Waals surface area contributed by atoms with E-state index in [1.54, 1.807) is 0 Å². The normalized spacial score (nSPS) is 14.7. The van der Waals surface area contributed by atoms with Crippen LogP contribution in [0.3, 0.4) is 0 Å². The first-order chi connectivity index (χ1) is 3.18. The van der Waals surface area contributed by atoms with Gasteiger partial charge in [0.15, 0.2) is 0 Å². The van der Waals surface area contributed by atoms with Gasteiger partial charge in [-0.2, -0.15) is 0 Å². The Morgan fingerprint density at radius 1 is 1.57 bits per heavy atom. The second-order valence-corrected chi connectivity index (χ2v) is 3.64. The van der Waals surface area contributed by atoms with E-state index in [-0.39, 0.29) is 10.1 Å². The Balaban J connectivity index is 3.57. The van der Waals surface area contributed by atoms with Crippen molar-refractivity contribution in [3.05, 3.63) is 0 Å². The lowest BCUT2D eigenvalue weighted by atomic mass is 10.4. The molecule has 1 unspecified atom stereocenters. The molecule has 0 aliphatic carbocycles. The van der Waals surface area contributed by atoms with E-state index in [1.807, 2.05) is 0 Å². The largest absolute Gasteiger partial charge is 0.482 e. The molecule has 0 aliphatic rings. The fourth-order valence-electron chi connectivity index (χ4n) is 0.236. The zero-order valence-electron chi connectivity index (χ0n) is 5.11. The highest BCUT2D eigenvalue weighted by molar-refractivity contribution is 7.92. The maximum Gasteiger partial charge on any atom is -0.0669 e. The van der Waals surface area contributed by atoms with Gasteiger partial charge in [-0.25, -0.2) is 11.7 Å². The van der Waals surface area contributed by atoms with Crippen LogP contribution in [0.15, 0.2) is 0 Å². The molecule has 0 heterocycles. The molecule has 0 aromatic carbocycles. The van der Waals surface area contributed by atoms with Crippen LogP contribution in [-0.2, 0) is 10.1 Å². The molecular formula is C6H13S-. The molecule has 1 heteroatoms. The highest BCUT2D eigenvalue weighted by Gasteiger charge is 1.77. The lowest BCUT2D eigenvalue weighted by molar-refractivity contribution is 0.909. The third-order valence-electron chi connectivity index (χ3n) is 1.14. The van der Waals surface area contributed by atoms with Gasteiger partial charge in [-0.05, 0) is 0 Å². The Kier molecular flexibility index (Phi) is 3.18. The van der Waals surface area contributed by atoms with Crippen molar-refractivity contribution in [2.24, 2.45) is 0 Å². The van der Waals surface area contributed by atoms with Gasteiger partial charge in [0.1, 0.15) is 0 Å². The molecule has 0 spiro atoms. The molecule has 0 radical (unpaired) electrons. The Labute approximate surface area is 48.1 Å². The third-order valence-corrected chi connectivity index (χ3v) is 2.62. The smallest absolute Gasteiger partial charge is 0.0669 e. The first-order valence-corrected chi connectivity index (χ1v) is 4.13. The highest BCUT2D eigenvalue weighted by atomic mass is 32.2. The van der Waals surface area contributed by atoms with Crippen LogP contribution in [0.5, 0.6) is 0 Å². The van der Waals surface area contributed by atoms with Gasteiger partial charge in [0.2, 0.25) is 0 Å². The minimum atomic E-state index is 0.140. The summed E-state index contributed by atoms with van der Waals surface area (Å²) in [4.78, 5) is 0. The monoisotopic (exact) mass is 117 g/mol. The second-order valence-electron chi connectivity index (χ2n) is 1.76. The summed E-state index contributed by atoms with van der Waals surface area (Å²) in [5.74, 6) is 7.65. The maximum absolute atomic E-state index is 3.83. The Morgan fingerprint density at radius 3 is 2.00 bits per heavy atom. The molecular weight excluding hydrogens is 104 g/mol. The predicted octanol–water partition coefficient (Wildman–Crippen LogP) is 1.27. The molecule has 0 aromatic rings. The molecule has 0 nitrogen and oxygen atoms in total. The zero-order chi connectivity index (χ0) is 5.86. The first kappa shape index (κ1) is 7.09. The van der Waals surface area contributed by atoms with Gasteiger partial charge >= 0.3 is 0 Å². The average Bonchev–Trinajstić information content (AvgIpc) is 1.65. The summed E-state index contributed by atoms with van der Waals surface area (Å²) < 4.78 is 0. The molecule has 7 heavy (non-hydrogen) atoms. The molecule has 0 bridgehead atoms. The number of hydrogen-bond acceptors (Lipinski definition) is 1. The summed E-state index contributed by atoms with van der Waals surface area (Å²) in [6, 6.07) is 0. The van der Waals surface area contributed by atoms with Gasteiger partial charge in [-0.15, -0.1) is 5.25 Å². The maximum atomic E-state index is 3.83. The van der Waals surface area contributed by atoms with E-state index in [4.69, 9.17) is 0 Å². The molecule has 0 rings (SSSR count). The van der Waals surface area contributed by atoms with Crippen LogP contribution in [0.25, 0.3) is 0 Å². The van der Waals surface area contributed by atoms with Crippen LogP contribution in [0.1, 0.15) is 20.3 Å². The SMILES string of the molecule is C=[S-](=C)C(C)CC. The van der Waals surface area contributed by atoms with Crippen LogP contribution < -0.4 is 0 Å². The molecule has 0 saturated carbocycles. The van der Waals surface area contributed by atoms with E-state index in [1.165, 1.54) is 6.42 Å². The fraction of sp³-hybridized carbons (Fsp3) is 0.667. The van der Waals surface area contributed by atoms with E-state index in [0.29, 0.717) is 5.25 Å².